The molecule has 0 bridgehead atoms. The molecular weight excluding hydrogens is 400 g/mol. The van der Waals surface area contributed by atoms with E-state index in [4.69, 9.17) is 4.74 Å². The van der Waals surface area contributed by atoms with E-state index in [-0.39, 0.29) is 16.6 Å². The molecule has 3 rings (SSSR count). The van der Waals surface area contributed by atoms with Gasteiger partial charge in [0, 0.05) is 14.1 Å². The van der Waals surface area contributed by atoms with Crippen LogP contribution in [0.4, 0.5) is 5.69 Å². The first-order chi connectivity index (χ1) is 13.3. The first-order valence-corrected chi connectivity index (χ1v) is 10.7. The molecule has 0 saturated heterocycles. The number of anilines is 1. The predicted octanol–water partition coefficient (Wildman–Crippen LogP) is 2.55. The van der Waals surface area contributed by atoms with Gasteiger partial charge in [-0.2, -0.15) is 0 Å². The van der Waals surface area contributed by atoms with Gasteiger partial charge in [-0.15, -0.1) is 0 Å². The van der Waals surface area contributed by atoms with Crippen molar-refractivity contribution in [1.29, 1.82) is 0 Å². The van der Waals surface area contributed by atoms with E-state index in [9.17, 15) is 13.2 Å². The minimum Gasteiger partial charge on any atom is -0.495 e. The molecule has 0 fully saturated rings. The summed E-state index contributed by atoms with van der Waals surface area (Å²) in [6.07, 6.45) is 0. The number of hydrogen-bond donors (Lipinski definition) is 2. The number of nitrogens with one attached hydrogen (secondary N) is 2. The number of aromatic amines is 1. The fourth-order valence-electron chi connectivity index (χ4n) is 2.47. The Morgan fingerprint density at radius 2 is 2.00 bits per heavy atom. The third kappa shape index (κ3) is 4.29. The maximum Gasteiger partial charge on any atom is 0.242 e. The molecule has 1 amide bonds. The number of ether oxygens (including phenoxy) is 1. The average Bonchev–Trinajstić information content (AvgIpc) is 3.09. The Morgan fingerprint density at radius 1 is 1.25 bits per heavy atom. The third-order valence-electron chi connectivity index (χ3n) is 3.93. The van der Waals surface area contributed by atoms with Crippen molar-refractivity contribution < 1.29 is 17.9 Å². The summed E-state index contributed by atoms with van der Waals surface area (Å²) in [4.78, 5) is 20.0. The second kappa shape index (κ2) is 8.21. The van der Waals surface area contributed by atoms with Crippen LogP contribution in [0, 0.1) is 0 Å². The summed E-state index contributed by atoms with van der Waals surface area (Å²) < 4.78 is 31.0. The van der Waals surface area contributed by atoms with Crippen molar-refractivity contribution >= 4 is 44.4 Å². The molecular formula is C18H20N4O4S2. The van der Waals surface area contributed by atoms with Gasteiger partial charge in [0.15, 0.2) is 5.16 Å². The number of benzene rings is 2. The molecule has 0 atom stereocenters. The number of carbonyl (C=O) groups excluding carboxylic acids is 1. The number of amides is 1. The molecule has 2 N–H and O–H groups in total. The number of sulfonamides is 1. The SMILES string of the molecule is COc1ccc(S(=O)(=O)N(C)C)cc1NC(=O)CSc1nc2ccccc2[nH]1. The summed E-state index contributed by atoms with van der Waals surface area (Å²) in [7, 11) is 0.721. The normalized spacial score (nSPS) is 11.7. The number of para-hydroxylation sites is 2. The number of imidazole rings is 1. The van der Waals surface area contributed by atoms with E-state index in [2.05, 4.69) is 15.3 Å². The van der Waals surface area contributed by atoms with Crippen LogP contribution in [0.15, 0.2) is 52.5 Å². The van der Waals surface area contributed by atoms with E-state index >= 15 is 0 Å². The molecule has 10 heteroatoms. The molecule has 0 saturated carbocycles. The summed E-state index contributed by atoms with van der Waals surface area (Å²) in [6.45, 7) is 0. The molecule has 0 aliphatic rings. The van der Waals surface area contributed by atoms with E-state index < -0.39 is 10.0 Å². The van der Waals surface area contributed by atoms with Crippen molar-refractivity contribution in [1.82, 2.24) is 14.3 Å². The smallest absolute Gasteiger partial charge is 0.242 e. The first kappa shape index (κ1) is 20.2. The Balaban J connectivity index is 1.73. The van der Waals surface area contributed by atoms with Crippen LogP contribution in [-0.4, -0.2) is 55.6 Å². The van der Waals surface area contributed by atoms with E-state index in [1.54, 1.807) is 0 Å². The van der Waals surface area contributed by atoms with Crippen molar-refractivity contribution in [3.05, 3.63) is 42.5 Å². The van der Waals surface area contributed by atoms with Crippen LogP contribution in [0.3, 0.4) is 0 Å². The van der Waals surface area contributed by atoms with Crippen molar-refractivity contribution in [3.8, 4) is 5.75 Å². The van der Waals surface area contributed by atoms with Gasteiger partial charge in [-0.25, -0.2) is 17.7 Å². The lowest BCUT2D eigenvalue weighted by atomic mass is 10.3. The van der Waals surface area contributed by atoms with Gasteiger partial charge >= 0.3 is 0 Å². The number of thioether (sulfide) groups is 1. The molecule has 1 heterocycles. The third-order valence-corrected chi connectivity index (χ3v) is 6.62. The zero-order valence-corrected chi connectivity index (χ0v) is 17.2. The zero-order chi connectivity index (χ0) is 20.3. The van der Waals surface area contributed by atoms with Crippen LogP contribution in [0.2, 0.25) is 0 Å². The van der Waals surface area contributed by atoms with Crippen molar-refractivity contribution in [2.75, 3.05) is 32.3 Å². The Morgan fingerprint density at radius 3 is 2.68 bits per heavy atom. The van der Waals surface area contributed by atoms with E-state index in [0.29, 0.717) is 16.6 Å². The van der Waals surface area contributed by atoms with E-state index in [0.717, 1.165) is 15.3 Å². The summed E-state index contributed by atoms with van der Waals surface area (Å²) in [6, 6.07) is 11.9. The van der Waals surface area contributed by atoms with Crippen molar-refractivity contribution in [2.45, 2.75) is 10.1 Å². The van der Waals surface area contributed by atoms with Gasteiger partial charge in [0.05, 0.1) is 34.5 Å². The number of rotatable bonds is 7. The Hall–Kier alpha value is -2.56. The fraction of sp³-hybridized carbons (Fsp3) is 0.222. The molecule has 2 aromatic carbocycles. The molecule has 1 aromatic heterocycles. The van der Waals surface area contributed by atoms with E-state index in [1.807, 2.05) is 24.3 Å². The lowest BCUT2D eigenvalue weighted by Gasteiger charge is -2.15. The number of nitrogens with zero attached hydrogens (tertiary/aromatic N) is 2. The highest BCUT2D eigenvalue weighted by atomic mass is 32.2. The molecule has 28 heavy (non-hydrogen) atoms. The minimum absolute atomic E-state index is 0.0681. The molecule has 0 aliphatic heterocycles. The van der Waals surface area contributed by atoms with Crippen LogP contribution in [0.5, 0.6) is 5.75 Å². The Labute approximate surface area is 167 Å². The number of hydrogen-bond acceptors (Lipinski definition) is 6. The monoisotopic (exact) mass is 420 g/mol. The molecule has 0 aliphatic carbocycles. The number of H-pyrrole nitrogens is 1. The summed E-state index contributed by atoms with van der Waals surface area (Å²) in [5, 5.41) is 3.34. The number of aromatic nitrogens is 2. The number of methoxy groups -OCH3 is 1. The van der Waals surface area contributed by atoms with Crippen LogP contribution in [0.25, 0.3) is 11.0 Å². The quantitative estimate of drug-likeness (QED) is 0.569. The van der Waals surface area contributed by atoms with Crippen molar-refractivity contribution in [3.63, 3.8) is 0 Å². The highest BCUT2D eigenvalue weighted by Crippen LogP contribution is 2.29. The van der Waals surface area contributed by atoms with Crippen LogP contribution in [-0.2, 0) is 14.8 Å². The first-order valence-electron chi connectivity index (χ1n) is 8.29. The molecule has 3 aromatic rings. The van der Waals surface area contributed by atoms with E-state index in [1.165, 1.54) is 51.2 Å². The second-order valence-corrected chi connectivity index (χ2v) is 9.16. The maximum absolute atomic E-state index is 12.4. The second-order valence-electron chi connectivity index (χ2n) is 6.05. The lowest BCUT2D eigenvalue weighted by molar-refractivity contribution is -0.113. The molecule has 0 spiro atoms. The maximum atomic E-state index is 12.4. The van der Waals surface area contributed by atoms with Gasteiger partial charge < -0.3 is 15.0 Å². The number of carbonyl (C=O) groups is 1. The highest BCUT2D eigenvalue weighted by Gasteiger charge is 2.20. The molecule has 0 unspecified atom stereocenters. The fourth-order valence-corrected chi connectivity index (χ4v) is 4.09. The van der Waals surface area contributed by atoms with Gasteiger partial charge in [-0.1, -0.05) is 23.9 Å². The van der Waals surface area contributed by atoms with Gasteiger partial charge in [0.2, 0.25) is 15.9 Å². The van der Waals surface area contributed by atoms with Gasteiger partial charge in [0.1, 0.15) is 5.75 Å². The number of fused-ring (bicyclic) bond motifs is 1. The average molecular weight is 421 g/mol. The Bertz CT molecular complexity index is 1080. The largest absolute Gasteiger partial charge is 0.495 e. The summed E-state index contributed by atoms with van der Waals surface area (Å²) >= 11 is 1.26. The van der Waals surface area contributed by atoms with Crippen molar-refractivity contribution in [2.24, 2.45) is 0 Å². The zero-order valence-electron chi connectivity index (χ0n) is 15.6. The van der Waals surface area contributed by atoms with Crippen LogP contribution < -0.4 is 10.1 Å². The molecule has 8 nitrogen and oxygen atoms in total. The standard InChI is InChI=1S/C18H20N4O4S2/c1-22(2)28(24,25)12-8-9-16(26-3)15(10-12)19-17(23)11-27-18-20-13-6-4-5-7-14(13)21-18/h4-10H,11H2,1-3H3,(H,19,23)(H,20,21). The summed E-state index contributed by atoms with van der Waals surface area (Å²) in [5.74, 6) is 0.177. The molecule has 148 valence electrons. The minimum atomic E-state index is -3.62. The highest BCUT2D eigenvalue weighted by molar-refractivity contribution is 7.99. The topological polar surface area (TPSA) is 104 Å². The summed E-state index contributed by atoms with van der Waals surface area (Å²) in [5.41, 5.74) is 2.02. The van der Waals surface area contributed by atoms with Crippen LogP contribution >= 0.6 is 11.8 Å². The Kier molecular flexibility index (Phi) is 5.92. The predicted molar refractivity (Wildman–Crippen MR) is 109 cm³/mol. The van der Waals surface area contributed by atoms with Gasteiger partial charge in [-0.3, -0.25) is 4.79 Å². The molecule has 0 radical (unpaired) electrons. The van der Waals surface area contributed by atoms with Gasteiger partial charge in [0.25, 0.3) is 0 Å². The van der Waals surface area contributed by atoms with Crippen LogP contribution in [0.1, 0.15) is 0 Å². The lowest BCUT2D eigenvalue weighted by Crippen LogP contribution is -2.22. The van der Waals surface area contributed by atoms with Gasteiger partial charge in [-0.05, 0) is 30.3 Å².